The van der Waals surface area contributed by atoms with Crippen molar-refractivity contribution in [2.24, 2.45) is 0 Å². The van der Waals surface area contributed by atoms with Crippen molar-refractivity contribution in [1.82, 2.24) is 9.88 Å². The monoisotopic (exact) mass is 457 g/mol. The molecule has 28 heavy (non-hydrogen) atoms. The number of halogens is 3. The van der Waals surface area contributed by atoms with Crippen molar-refractivity contribution in [2.45, 2.75) is 13.8 Å². The Morgan fingerprint density at radius 3 is 2.29 bits per heavy atom. The van der Waals surface area contributed by atoms with Gasteiger partial charge in [0, 0.05) is 28.7 Å². The van der Waals surface area contributed by atoms with E-state index in [1.165, 1.54) is 16.9 Å². The van der Waals surface area contributed by atoms with E-state index in [0.29, 0.717) is 33.8 Å². The molecule has 0 atom stereocenters. The summed E-state index contributed by atoms with van der Waals surface area (Å²) >= 11 is 13.7. The minimum Gasteiger partial charge on any atom is -0.308 e. The number of fused-ring (bicyclic) bond motifs is 1. The van der Waals surface area contributed by atoms with Crippen LogP contribution in [0.5, 0.6) is 0 Å². The normalized spacial score (nSPS) is 11.0. The highest BCUT2D eigenvalue weighted by Gasteiger charge is 2.22. The molecule has 0 spiro atoms. The van der Waals surface area contributed by atoms with Gasteiger partial charge in [-0.1, -0.05) is 40.6 Å². The van der Waals surface area contributed by atoms with E-state index in [-0.39, 0.29) is 18.3 Å². The van der Waals surface area contributed by atoms with Crippen LogP contribution in [0.4, 0.5) is 5.13 Å². The molecule has 0 aliphatic heterocycles. The number of thiazole rings is 1. The highest BCUT2D eigenvalue weighted by molar-refractivity contribution is 7.22. The summed E-state index contributed by atoms with van der Waals surface area (Å²) in [6, 6.07) is 9.11. The number of likely N-dealkylation sites (N-methyl/N-ethyl adjacent to an activating group) is 1. The van der Waals surface area contributed by atoms with Gasteiger partial charge in [0.05, 0.1) is 10.2 Å². The van der Waals surface area contributed by atoms with E-state index in [9.17, 15) is 4.79 Å². The fourth-order valence-electron chi connectivity index (χ4n) is 2.89. The second kappa shape index (κ2) is 9.42. The van der Waals surface area contributed by atoms with Crippen molar-refractivity contribution in [3.05, 3.63) is 57.1 Å². The van der Waals surface area contributed by atoms with Crippen LogP contribution in [0.2, 0.25) is 10.0 Å². The summed E-state index contributed by atoms with van der Waals surface area (Å²) < 4.78 is 1.08. The molecule has 0 aliphatic carbocycles. The van der Waals surface area contributed by atoms with Crippen LogP contribution in [0.25, 0.3) is 10.2 Å². The van der Waals surface area contributed by atoms with Crippen LogP contribution in [-0.2, 0) is 0 Å². The Hall–Kier alpha value is -1.37. The standard InChI is InChI=1S/C20H21Cl2N3OS.ClH/c1-12-7-13(2)18-17(8-12)27-20(23-18)25(6-5-24(3)4)19(26)14-9-15(21)11-16(22)10-14;/h7-11H,5-6H2,1-4H3;1H. The average molecular weight is 459 g/mol. The van der Waals surface area contributed by atoms with Crippen LogP contribution in [-0.4, -0.2) is 43.0 Å². The van der Waals surface area contributed by atoms with Gasteiger partial charge in [0.1, 0.15) is 0 Å². The fraction of sp³-hybridized carbons (Fsp3) is 0.300. The molecule has 0 aliphatic rings. The number of amides is 1. The molecule has 0 unspecified atom stereocenters. The summed E-state index contributed by atoms with van der Waals surface area (Å²) in [5.74, 6) is -0.158. The molecule has 1 aromatic heterocycles. The third-order valence-corrected chi connectivity index (χ3v) is 5.64. The Morgan fingerprint density at radius 1 is 1.04 bits per heavy atom. The van der Waals surface area contributed by atoms with Crippen molar-refractivity contribution < 1.29 is 4.79 Å². The lowest BCUT2D eigenvalue weighted by Crippen LogP contribution is -2.36. The Morgan fingerprint density at radius 2 is 1.68 bits per heavy atom. The largest absolute Gasteiger partial charge is 0.308 e. The molecule has 150 valence electrons. The highest BCUT2D eigenvalue weighted by Crippen LogP contribution is 2.33. The van der Waals surface area contributed by atoms with E-state index in [1.807, 2.05) is 25.9 Å². The van der Waals surface area contributed by atoms with Crippen molar-refractivity contribution in [1.29, 1.82) is 0 Å². The highest BCUT2D eigenvalue weighted by atomic mass is 35.5. The molecule has 2 aromatic carbocycles. The topological polar surface area (TPSA) is 36.4 Å². The van der Waals surface area contributed by atoms with E-state index >= 15 is 0 Å². The molecular weight excluding hydrogens is 437 g/mol. The van der Waals surface area contributed by atoms with Crippen molar-refractivity contribution >= 4 is 68.2 Å². The SMILES string of the molecule is Cc1cc(C)c2nc(N(CCN(C)C)C(=O)c3cc(Cl)cc(Cl)c3)sc2c1.Cl. The van der Waals surface area contributed by atoms with E-state index in [4.69, 9.17) is 28.2 Å². The number of carbonyl (C=O) groups excluding carboxylic acids is 1. The van der Waals surface area contributed by atoms with Crippen LogP contribution in [0.3, 0.4) is 0 Å². The molecule has 0 saturated heterocycles. The van der Waals surface area contributed by atoms with Gasteiger partial charge in [0.25, 0.3) is 5.91 Å². The van der Waals surface area contributed by atoms with Crippen LogP contribution in [0.1, 0.15) is 21.5 Å². The smallest absolute Gasteiger partial charge is 0.260 e. The first kappa shape index (κ1) is 22.9. The van der Waals surface area contributed by atoms with Gasteiger partial charge in [-0.15, -0.1) is 12.4 Å². The average Bonchev–Trinajstić information content (AvgIpc) is 2.97. The van der Waals surface area contributed by atoms with Gasteiger partial charge in [0.15, 0.2) is 5.13 Å². The minimum atomic E-state index is -0.158. The molecule has 0 fully saturated rings. The predicted octanol–water partition coefficient (Wildman–Crippen LogP) is 5.85. The number of hydrogen-bond donors (Lipinski definition) is 0. The Kier molecular flexibility index (Phi) is 7.71. The van der Waals surface area contributed by atoms with E-state index in [2.05, 4.69) is 19.1 Å². The lowest BCUT2D eigenvalue weighted by atomic mass is 10.1. The number of hydrogen-bond acceptors (Lipinski definition) is 4. The van der Waals surface area contributed by atoms with E-state index in [1.54, 1.807) is 23.1 Å². The maximum absolute atomic E-state index is 13.2. The van der Waals surface area contributed by atoms with Gasteiger partial charge in [-0.3, -0.25) is 9.69 Å². The number of anilines is 1. The molecule has 8 heteroatoms. The van der Waals surface area contributed by atoms with Gasteiger partial charge >= 0.3 is 0 Å². The Balaban J connectivity index is 0.00000280. The maximum Gasteiger partial charge on any atom is 0.260 e. The van der Waals surface area contributed by atoms with E-state index in [0.717, 1.165) is 15.8 Å². The molecule has 0 bridgehead atoms. The summed E-state index contributed by atoms with van der Waals surface area (Å²) in [7, 11) is 3.95. The van der Waals surface area contributed by atoms with Crippen LogP contribution >= 0.6 is 46.9 Å². The van der Waals surface area contributed by atoms with Gasteiger partial charge in [-0.05, 0) is 63.3 Å². The summed E-state index contributed by atoms with van der Waals surface area (Å²) in [5.41, 5.74) is 3.69. The second-order valence-corrected chi connectivity index (χ2v) is 8.73. The zero-order chi connectivity index (χ0) is 19.7. The van der Waals surface area contributed by atoms with Crippen LogP contribution in [0.15, 0.2) is 30.3 Å². The van der Waals surface area contributed by atoms with Gasteiger partial charge < -0.3 is 4.90 Å². The van der Waals surface area contributed by atoms with Gasteiger partial charge in [-0.2, -0.15) is 0 Å². The molecule has 1 heterocycles. The molecule has 0 saturated carbocycles. The molecule has 4 nitrogen and oxygen atoms in total. The van der Waals surface area contributed by atoms with Crippen molar-refractivity contribution in [3.63, 3.8) is 0 Å². The second-order valence-electron chi connectivity index (χ2n) is 6.84. The predicted molar refractivity (Wildman–Crippen MR) is 123 cm³/mol. The molecule has 0 radical (unpaired) electrons. The number of rotatable bonds is 5. The number of nitrogens with zero attached hydrogens (tertiary/aromatic N) is 3. The number of aromatic nitrogens is 1. The Bertz CT molecular complexity index is 984. The molecule has 3 rings (SSSR count). The van der Waals surface area contributed by atoms with Crippen LogP contribution in [0, 0.1) is 13.8 Å². The maximum atomic E-state index is 13.2. The van der Waals surface area contributed by atoms with Crippen LogP contribution < -0.4 is 4.90 Å². The van der Waals surface area contributed by atoms with E-state index < -0.39 is 0 Å². The number of benzene rings is 2. The molecule has 3 aromatic rings. The quantitative estimate of drug-likeness (QED) is 0.481. The summed E-state index contributed by atoms with van der Waals surface area (Å²) in [4.78, 5) is 21.8. The number of aryl methyl sites for hydroxylation is 2. The molecule has 0 N–H and O–H groups in total. The van der Waals surface area contributed by atoms with Crippen molar-refractivity contribution in [2.75, 3.05) is 32.1 Å². The lowest BCUT2D eigenvalue weighted by molar-refractivity contribution is 0.0985. The Labute approximate surface area is 185 Å². The first-order chi connectivity index (χ1) is 12.7. The zero-order valence-electron chi connectivity index (χ0n) is 16.1. The summed E-state index contributed by atoms with van der Waals surface area (Å²) in [6.07, 6.45) is 0. The third kappa shape index (κ3) is 5.16. The molecular formula is C20H22Cl3N3OS. The summed E-state index contributed by atoms with van der Waals surface area (Å²) in [5, 5.41) is 1.56. The third-order valence-electron chi connectivity index (χ3n) is 4.17. The minimum absolute atomic E-state index is 0. The zero-order valence-corrected chi connectivity index (χ0v) is 19.3. The molecule has 1 amide bonds. The van der Waals surface area contributed by atoms with Crippen molar-refractivity contribution in [3.8, 4) is 0 Å². The first-order valence-electron chi connectivity index (χ1n) is 8.55. The lowest BCUT2D eigenvalue weighted by Gasteiger charge is -2.22. The van der Waals surface area contributed by atoms with Gasteiger partial charge in [0.2, 0.25) is 0 Å². The summed E-state index contributed by atoms with van der Waals surface area (Å²) in [6.45, 7) is 5.35. The van der Waals surface area contributed by atoms with Gasteiger partial charge in [-0.25, -0.2) is 4.98 Å². The first-order valence-corrected chi connectivity index (χ1v) is 10.1. The fourth-order valence-corrected chi connectivity index (χ4v) is 4.58. The number of carbonyl (C=O) groups is 1.